The van der Waals surface area contributed by atoms with Gasteiger partial charge in [0.2, 0.25) is 5.91 Å². The van der Waals surface area contributed by atoms with E-state index >= 15 is 0 Å². The molecular formula is C14H14BrN3O3. The van der Waals surface area contributed by atoms with E-state index in [1.54, 1.807) is 38.3 Å². The van der Waals surface area contributed by atoms with Crippen molar-refractivity contribution < 1.29 is 9.53 Å². The minimum Gasteiger partial charge on any atom is -0.497 e. The van der Waals surface area contributed by atoms with Gasteiger partial charge in [-0.2, -0.15) is 0 Å². The van der Waals surface area contributed by atoms with Crippen LogP contribution in [0.3, 0.4) is 0 Å². The Labute approximate surface area is 129 Å². The van der Waals surface area contributed by atoms with Gasteiger partial charge in [-0.25, -0.2) is 4.98 Å². The zero-order chi connectivity index (χ0) is 15.4. The van der Waals surface area contributed by atoms with Gasteiger partial charge in [-0.1, -0.05) is 0 Å². The third-order valence-electron chi connectivity index (χ3n) is 2.84. The molecule has 0 atom stereocenters. The molecule has 0 unspecified atom stereocenters. The molecule has 1 N–H and O–H groups in total. The number of nitrogens with zero attached hydrogens (tertiary/aromatic N) is 2. The van der Waals surface area contributed by atoms with Crippen LogP contribution in [0.2, 0.25) is 0 Å². The lowest BCUT2D eigenvalue weighted by Crippen LogP contribution is -2.28. The van der Waals surface area contributed by atoms with Crippen LogP contribution >= 0.6 is 15.9 Å². The van der Waals surface area contributed by atoms with Gasteiger partial charge in [-0.05, 0) is 47.1 Å². The maximum atomic E-state index is 11.9. The van der Waals surface area contributed by atoms with E-state index in [2.05, 4.69) is 26.2 Å². The predicted octanol–water partition coefficient (Wildman–Crippen LogP) is 1.96. The molecule has 2 rings (SSSR count). The summed E-state index contributed by atoms with van der Waals surface area (Å²) in [7, 11) is 1.57. The van der Waals surface area contributed by atoms with Crippen molar-refractivity contribution in [2.45, 2.75) is 13.5 Å². The highest BCUT2D eigenvalue weighted by Crippen LogP contribution is 2.15. The number of rotatable bonds is 4. The van der Waals surface area contributed by atoms with Gasteiger partial charge >= 0.3 is 0 Å². The van der Waals surface area contributed by atoms with Crippen LogP contribution < -0.4 is 15.6 Å². The van der Waals surface area contributed by atoms with Crippen LogP contribution in [0.4, 0.5) is 5.69 Å². The van der Waals surface area contributed by atoms with Crippen molar-refractivity contribution in [3.8, 4) is 5.75 Å². The molecule has 0 radical (unpaired) electrons. The summed E-state index contributed by atoms with van der Waals surface area (Å²) >= 11 is 3.16. The largest absolute Gasteiger partial charge is 0.497 e. The smallest absolute Gasteiger partial charge is 0.268 e. The number of benzene rings is 1. The summed E-state index contributed by atoms with van der Waals surface area (Å²) in [6, 6.07) is 6.93. The van der Waals surface area contributed by atoms with E-state index in [-0.39, 0.29) is 18.0 Å². The van der Waals surface area contributed by atoms with Crippen LogP contribution in [0.1, 0.15) is 5.69 Å². The predicted molar refractivity (Wildman–Crippen MR) is 82.6 cm³/mol. The van der Waals surface area contributed by atoms with Crippen LogP contribution in [-0.4, -0.2) is 22.6 Å². The van der Waals surface area contributed by atoms with E-state index in [0.29, 0.717) is 21.6 Å². The average molecular weight is 352 g/mol. The molecule has 21 heavy (non-hydrogen) atoms. The second-order valence-corrected chi connectivity index (χ2v) is 5.15. The van der Waals surface area contributed by atoms with E-state index in [9.17, 15) is 9.59 Å². The van der Waals surface area contributed by atoms with Gasteiger partial charge in [0.15, 0.2) is 0 Å². The van der Waals surface area contributed by atoms with Gasteiger partial charge in [0, 0.05) is 5.69 Å². The number of aryl methyl sites for hydroxylation is 1. The molecule has 1 amide bonds. The summed E-state index contributed by atoms with van der Waals surface area (Å²) in [6.07, 6.45) is 1.36. The van der Waals surface area contributed by atoms with Gasteiger partial charge < -0.3 is 10.1 Å². The normalized spacial score (nSPS) is 10.2. The van der Waals surface area contributed by atoms with E-state index in [0.717, 1.165) is 0 Å². The molecule has 1 heterocycles. The molecule has 0 saturated carbocycles. The number of hydrogen-bond donors (Lipinski definition) is 1. The lowest BCUT2D eigenvalue weighted by atomic mass is 10.3. The van der Waals surface area contributed by atoms with Crippen LogP contribution in [0.25, 0.3) is 0 Å². The molecule has 0 fully saturated rings. The molecule has 0 aliphatic rings. The van der Waals surface area contributed by atoms with Crippen LogP contribution in [-0.2, 0) is 11.3 Å². The highest BCUT2D eigenvalue weighted by molar-refractivity contribution is 9.10. The topological polar surface area (TPSA) is 73.2 Å². The number of halogens is 1. The quantitative estimate of drug-likeness (QED) is 0.913. The lowest BCUT2D eigenvalue weighted by molar-refractivity contribution is -0.116. The Hall–Kier alpha value is -2.15. The average Bonchev–Trinajstić information content (AvgIpc) is 2.49. The van der Waals surface area contributed by atoms with Gasteiger partial charge in [-0.15, -0.1) is 0 Å². The minimum absolute atomic E-state index is 0.100. The number of anilines is 1. The summed E-state index contributed by atoms with van der Waals surface area (Å²) < 4.78 is 6.65. The monoisotopic (exact) mass is 351 g/mol. The van der Waals surface area contributed by atoms with Crippen molar-refractivity contribution in [2.75, 3.05) is 12.4 Å². The lowest BCUT2D eigenvalue weighted by Gasteiger charge is -2.08. The molecule has 110 valence electrons. The van der Waals surface area contributed by atoms with Crippen LogP contribution in [0, 0.1) is 6.92 Å². The van der Waals surface area contributed by atoms with Crippen molar-refractivity contribution in [2.24, 2.45) is 0 Å². The zero-order valence-electron chi connectivity index (χ0n) is 11.6. The third kappa shape index (κ3) is 3.69. The molecular weight excluding hydrogens is 338 g/mol. The number of hydrogen-bond acceptors (Lipinski definition) is 4. The first-order chi connectivity index (χ1) is 10.0. The maximum Gasteiger partial charge on any atom is 0.268 e. The van der Waals surface area contributed by atoms with Crippen molar-refractivity contribution in [3.63, 3.8) is 0 Å². The number of methoxy groups -OCH3 is 1. The number of nitrogens with one attached hydrogen (secondary N) is 1. The second-order valence-electron chi connectivity index (χ2n) is 4.35. The van der Waals surface area contributed by atoms with E-state index in [4.69, 9.17) is 4.74 Å². The first-order valence-corrected chi connectivity index (χ1v) is 6.96. The first kappa shape index (κ1) is 15.2. The highest BCUT2D eigenvalue weighted by atomic mass is 79.9. The van der Waals surface area contributed by atoms with Gasteiger partial charge in [0.25, 0.3) is 5.56 Å². The Balaban J connectivity index is 2.08. The van der Waals surface area contributed by atoms with Gasteiger partial charge in [0.05, 0.1) is 19.1 Å². The standard InChI is InChI=1S/C14H14BrN3O3/c1-9-13(15)14(20)18(8-16-9)7-12(19)17-10-3-5-11(21-2)6-4-10/h3-6,8H,7H2,1-2H3,(H,17,19). The highest BCUT2D eigenvalue weighted by Gasteiger charge is 2.09. The van der Waals surface area contributed by atoms with E-state index in [1.807, 2.05) is 0 Å². The fourth-order valence-corrected chi connectivity index (χ4v) is 2.02. The molecule has 2 aromatic rings. The van der Waals surface area contributed by atoms with Crippen molar-refractivity contribution in [1.82, 2.24) is 9.55 Å². The van der Waals surface area contributed by atoms with Crippen LogP contribution in [0.15, 0.2) is 39.9 Å². The molecule has 0 aliphatic carbocycles. The molecule has 1 aromatic carbocycles. The van der Waals surface area contributed by atoms with Crippen LogP contribution in [0.5, 0.6) is 5.75 Å². The molecule has 0 saturated heterocycles. The number of carbonyl (C=O) groups excluding carboxylic acids is 1. The molecule has 0 aliphatic heterocycles. The summed E-state index contributed by atoms with van der Waals surface area (Å²) in [5, 5.41) is 2.71. The number of amides is 1. The number of carbonyl (C=O) groups is 1. The Bertz CT molecular complexity index is 710. The van der Waals surface area contributed by atoms with Gasteiger partial charge in [-0.3, -0.25) is 14.2 Å². The Kier molecular flexibility index (Phi) is 4.74. The minimum atomic E-state index is -0.306. The summed E-state index contributed by atoms with van der Waals surface area (Å²) in [5.41, 5.74) is 0.937. The Morgan fingerprint density at radius 1 is 1.38 bits per heavy atom. The molecule has 6 nitrogen and oxygen atoms in total. The second kappa shape index (κ2) is 6.53. The van der Waals surface area contributed by atoms with Crippen molar-refractivity contribution in [1.29, 1.82) is 0 Å². The zero-order valence-corrected chi connectivity index (χ0v) is 13.2. The summed E-state index contributed by atoms with van der Waals surface area (Å²) in [4.78, 5) is 27.9. The summed E-state index contributed by atoms with van der Waals surface area (Å²) in [6.45, 7) is 1.62. The fraction of sp³-hybridized carbons (Fsp3) is 0.214. The Morgan fingerprint density at radius 3 is 2.67 bits per heavy atom. The fourth-order valence-electron chi connectivity index (χ4n) is 1.69. The molecule has 1 aromatic heterocycles. The third-order valence-corrected chi connectivity index (χ3v) is 3.76. The Morgan fingerprint density at radius 2 is 2.05 bits per heavy atom. The van der Waals surface area contributed by atoms with Crippen molar-refractivity contribution >= 4 is 27.5 Å². The van der Waals surface area contributed by atoms with Gasteiger partial charge in [0.1, 0.15) is 16.8 Å². The SMILES string of the molecule is COc1ccc(NC(=O)Cn2cnc(C)c(Br)c2=O)cc1. The van der Waals surface area contributed by atoms with Crippen molar-refractivity contribution in [3.05, 3.63) is 51.1 Å². The van der Waals surface area contributed by atoms with E-state index < -0.39 is 0 Å². The number of aromatic nitrogens is 2. The summed E-state index contributed by atoms with van der Waals surface area (Å²) in [5.74, 6) is 0.399. The first-order valence-electron chi connectivity index (χ1n) is 6.16. The van der Waals surface area contributed by atoms with E-state index in [1.165, 1.54) is 10.9 Å². The molecule has 7 heteroatoms. The molecule has 0 bridgehead atoms. The molecule has 0 spiro atoms. The number of ether oxygens (including phenoxy) is 1. The maximum absolute atomic E-state index is 11.9.